The number of rotatable bonds is 7. The number of pyridine rings is 1. The molecule has 52 heavy (non-hydrogen) atoms. The van der Waals surface area contributed by atoms with Crippen molar-refractivity contribution >= 4 is 33.4 Å². The SMILES string of the molecule is C#Cc1c(F)ccc2cc(O)cc(-c3nc(F)c4c(N5CC(CC)N(C(=O)C(F)(F)F)C(CC)C5)nc(OCC56CCCN5CCC6)nc4c3F)c12. The number of hydrogen-bond acceptors (Lipinski definition) is 8. The van der Waals surface area contributed by atoms with Gasteiger partial charge in [-0.05, 0) is 75.2 Å². The first kappa shape index (κ1) is 35.6. The second kappa shape index (κ2) is 13.3. The maximum atomic E-state index is 17.0. The number of halogens is 6. The van der Waals surface area contributed by atoms with Crippen LogP contribution in [0.4, 0.5) is 32.2 Å². The van der Waals surface area contributed by atoms with E-state index >= 15 is 8.78 Å². The minimum Gasteiger partial charge on any atom is -0.508 e. The molecule has 2 unspecified atom stereocenters. The average molecular weight is 727 g/mol. The van der Waals surface area contributed by atoms with Crippen LogP contribution in [0.5, 0.6) is 11.8 Å². The van der Waals surface area contributed by atoms with Crippen molar-refractivity contribution in [3.8, 4) is 35.4 Å². The first-order valence-electron chi connectivity index (χ1n) is 17.3. The summed E-state index contributed by atoms with van der Waals surface area (Å²) in [5, 5.41) is 10.4. The summed E-state index contributed by atoms with van der Waals surface area (Å²) in [5.74, 6) is -3.39. The Morgan fingerprint density at radius 3 is 2.31 bits per heavy atom. The minimum atomic E-state index is -5.10. The number of aromatic hydroxyl groups is 1. The molecule has 0 bridgehead atoms. The van der Waals surface area contributed by atoms with Gasteiger partial charge in [-0.3, -0.25) is 9.69 Å². The van der Waals surface area contributed by atoms with E-state index < -0.39 is 58.3 Å². The number of carbonyl (C=O) groups excluding carboxylic acids is 1. The van der Waals surface area contributed by atoms with Crippen molar-refractivity contribution in [3.63, 3.8) is 0 Å². The van der Waals surface area contributed by atoms with E-state index in [9.17, 15) is 27.5 Å². The highest BCUT2D eigenvalue weighted by molar-refractivity contribution is 6.03. The monoisotopic (exact) mass is 726 g/mol. The van der Waals surface area contributed by atoms with E-state index in [-0.39, 0.29) is 77.6 Å². The van der Waals surface area contributed by atoms with Crippen molar-refractivity contribution in [1.29, 1.82) is 0 Å². The van der Waals surface area contributed by atoms with Crippen molar-refractivity contribution in [3.05, 3.63) is 47.4 Å². The van der Waals surface area contributed by atoms with Gasteiger partial charge in [0, 0.05) is 36.1 Å². The predicted molar refractivity (Wildman–Crippen MR) is 181 cm³/mol. The van der Waals surface area contributed by atoms with Crippen molar-refractivity contribution in [2.45, 2.75) is 76.2 Å². The van der Waals surface area contributed by atoms with Crippen LogP contribution in [0.25, 0.3) is 32.9 Å². The van der Waals surface area contributed by atoms with E-state index in [1.807, 2.05) is 0 Å². The predicted octanol–water partition coefficient (Wildman–Crippen LogP) is 6.72. The van der Waals surface area contributed by atoms with Gasteiger partial charge in [0.05, 0.1) is 11.1 Å². The summed E-state index contributed by atoms with van der Waals surface area (Å²) in [6, 6.07) is 2.66. The molecule has 9 nitrogen and oxygen atoms in total. The summed E-state index contributed by atoms with van der Waals surface area (Å²) < 4.78 is 95.8. The Labute approximate surface area is 295 Å². The van der Waals surface area contributed by atoms with E-state index in [0.29, 0.717) is 0 Å². The van der Waals surface area contributed by atoms with Crippen LogP contribution in [0.3, 0.4) is 0 Å². The van der Waals surface area contributed by atoms with Crippen LogP contribution in [0.2, 0.25) is 0 Å². The molecule has 2 aromatic heterocycles. The number of phenolic OH excluding ortho intramolecular Hbond substituents is 1. The number of nitrogens with zero attached hydrogens (tertiary/aromatic N) is 6. The Bertz CT molecular complexity index is 2100. The zero-order chi connectivity index (χ0) is 37.1. The number of anilines is 1. The number of aromatic nitrogens is 3. The fourth-order valence-electron chi connectivity index (χ4n) is 8.34. The molecule has 3 aliphatic heterocycles. The maximum absolute atomic E-state index is 17.0. The molecule has 3 fully saturated rings. The largest absolute Gasteiger partial charge is 0.508 e. The van der Waals surface area contributed by atoms with Gasteiger partial charge in [-0.15, -0.1) is 6.42 Å². The van der Waals surface area contributed by atoms with Crippen molar-refractivity contribution in [2.24, 2.45) is 0 Å². The summed E-state index contributed by atoms with van der Waals surface area (Å²) in [7, 11) is 0. The molecule has 3 saturated heterocycles. The van der Waals surface area contributed by atoms with E-state index in [4.69, 9.17) is 11.2 Å². The Morgan fingerprint density at radius 1 is 1.02 bits per heavy atom. The lowest BCUT2D eigenvalue weighted by molar-refractivity contribution is -0.191. The number of piperazine rings is 1. The van der Waals surface area contributed by atoms with Crippen LogP contribution in [-0.2, 0) is 4.79 Å². The number of hydrogen-bond donors (Lipinski definition) is 1. The van der Waals surface area contributed by atoms with Gasteiger partial charge < -0.3 is 19.6 Å². The fourth-order valence-corrected chi connectivity index (χ4v) is 8.34. The third kappa shape index (κ3) is 5.90. The van der Waals surface area contributed by atoms with Crippen LogP contribution >= 0.6 is 0 Å². The summed E-state index contributed by atoms with van der Waals surface area (Å²) in [6.45, 7) is 4.89. The topological polar surface area (TPSA) is 94.9 Å². The van der Waals surface area contributed by atoms with Gasteiger partial charge in [0.15, 0.2) is 5.82 Å². The number of ether oxygens (including phenoxy) is 1. The number of carbonyl (C=O) groups is 1. The smallest absolute Gasteiger partial charge is 0.471 e. The molecule has 15 heteroatoms. The average Bonchev–Trinajstić information content (AvgIpc) is 3.71. The van der Waals surface area contributed by atoms with E-state index in [1.165, 1.54) is 17.0 Å². The lowest BCUT2D eigenvalue weighted by atomic mass is 9.95. The molecular weight excluding hydrogens is 690 g/mol. The molecule has 0 spiro atoms. The number of phenols is 1. The van der Waals surface area contributed by atoms with Crippen molar-refractivity contribution in [2.75, 3.05) is 37.7 Å². The van der Waals surface area contributed by atoms with Crippen LogP contribution < -0.4 is 9.64 Å². The number of fused-ring (bicyclic) bond motifs is 3. The van der Waals surface area contributed by atoms with Crippen LogP contribution in [0, 0.1) is 29.9 Å². The lowest BCUT2D eigenvalue weighted by Gasteiger charge is -2.47. The molecule has 3 aliphatic rings. The Kier molecular flexibility index (Phi) is 9.09. The second-order valence-electron chi connectivity index (χ2n) is 13.7. The lowest BCUT2D eigenvalue weighted by Crippen LogP contribution is -2.63. The molecule has 2 atom stereocenters. The Hall–Kier alpha value is -4.84. The van der Waals surface area contributed by atoms with Gasteiger partial charge in [-0.25, -0.2) is 13.8 Å². The van der Waals surface area contributed by atoms with E-state index in [1.54, 1.807) is 13.8 Å². The molecule has 4 aromatic rings. The summed E-state index contributed by atoms with van der Waals surface area (Å²) >= 11 is 0. The first-order valence-corrected chi connectivity index (χ1v) is 17.3. The molecule has 274 valence electrons. The second-order valence-corrected chi connectivity index (χ2v) is 13.7. The van der Waals surface area contributed by atoms with Crippen molar-refractivity contribution in [1.82, 2.24) is 24.8 Å². The third-order valence-electron chi connectivity index (χ3n) is 10.8. The van der Waals surface area contributed by atoms with Crippen molar-refractivity contribution < 1.29 is 41.0 Å². The molecule has 2 aromatic carbocycles. The first-order chi connectivity index (χ1) is 24.8. The van der Waals surface area contributed by atoms with E-state index in [0.717, 1.165) is 55.8 Å². The Balaban J connectivity index is 1.41. The molecule has 1 amide bonds. The zero-order valence-electron chi connectivity index (χ0n) is 28.5. The van der Waals surface area contributed by atoms with Gasteiger partial charge in [-0.2, -0.15) is 27.5 Å². The highest BCUT2D eigenvalue weighted by Crippen LogP contribution is 2.42. The highest BCUT2D eigenvalue weighted by atomic mass is 19.4. The quantitative estimate of drug-likeness (QED) is 0.128. The van der Waals surface area contributed by atoms with Gasteiger partial charge in [-0.1, -0.05) is 25.8 Å². The van der Waals surface area contributed by atoms with Gasteiger partial charge >= 0.3 is 18.1 Å². The van der Waals surface area contributed by atoms with Gasteiger partial charge in [0.25, 0.3) is 0 Å². The zero-order valence-corrected chi connectivity index (χ0v) is 28.5. The standard InChI is InChI=1S/C37H36F6N6O3/c1-4-21-17-47(18-22(5-2)49(21)34(51)37(41,42)43)33-28-31(45-35(46-33)52-19-36-11-7-13-48(36)14-8-12-36)29(39)30(44-32(28)40)25-16-23(50)15-20-9-10-26(38)24(6-3)27(20)25/h3,9-10,15-16,21-22,50H,4-5,7-8,11-14,17-19H2,1-2H3. The number of benzene rings is 2. The summed E-state index contributed by atoms with van der Waals surface area (Å²) in [4.78, 5) is 30.1. The van der Waals surface area contributed by atoms with Gasteiger partial charge in [0.2, 0.25) is 5.95 Å². The molecule has 0 radical (unpaired) electrons. The highest BCUT2D eigenvalue weighted by Gasteiger charge is 2.49. The van der Waals surface area contributed by atoms with E-state index in [2.05, 4.69) is 25.8 Å². The number of terminal acetylenes is 1. The molecule has 0 aliphatic carbocycles. The fraction of sp³-hybridized carbons (Fsp3) is 0.459. The molecule has 1 N–H and O–H groups in total. The number of amides is 1. The van der Waals surface area contributed by atoms with Crippen LogP contribution in [-0.4, -0.2) is 92.4 Å². The number of alkyl halides is 3. The maximum Gasteiger partial charge on any atom is 0.471 e. The normalized spacial score (nSPS) is 20.4. The van der Waals surface area contributed by atoms with Gasteiger partial charge in [0.1, 0.15) is 40.6 Å². The molecule has 0 saturated carbocycles. The molecule has 7 rings (SSSR count). The van der Waals surface area contributed by atoms with Crippen LogP contribution in [0.1, 0.15) is 57.9 Å². The Morgan fingerprint density at radius 2 is 1.69 bits per heavy atom. The third-order valence-corrected chi connectivity index (χ3v) is 10.8. The summed E-state index contributed by atoms with van der Waals surface area (Å²) in [6.07, 6.45) is 4.48. The molecular formula is C37H36F6N6O3. The molecule has 5 heterocycles. The summed E-state index contributed by atoms with van der Waals surface area (Å²) in [5.41, 5.74) is -1.86. The minimum absolute atomic E-state index is 0.0138. The van der Waals surface area contributed by atoms with Crippen LogP contribution in [0.15, 0.2) is 24.3 Å².